The maximum atomic E-state index is 12.7. The van der Waals surface area contributed by atoms with Gasteiger partial charge in [-0.15, -0.1) is 0 Å². The molecule has 0 N–H and O–H groups in total. The average molecular weight is 417 g/mol. The molecule has 0 spiro atoms. The first-order valence-corrected chi connectivity index (χ1v) is 11.6. The van der Waals surface area contributed by atoms with E-state index in [1.54, 1.807) is 0 Å². The van der Waals surface area contributed by atoms with Gasteiger partial charge in [0.1, 0.15) is 0 Å². The van der Waals surface area contributed by atoms with E-state index >= 15 is 0 Å². The molecule has 140 valence electrons. The van der Waals surface area contributed by atoms with Crippen molar-refractivity contribution in [3.05, 3.63) is 66.2 Å². The Hall–Kier alpha value is -1.57. The maximum absolute atomic E-state index is 12.7. The van der Waals surface area contributed by atoms with Crippen molar-refractivity contribution >= 4 is 25.4 Å². The fraction of sp³-hybridized carbons (Fsp3) is 0.435. The second-order valence-electron chi connectivity index (χ2n) is 6.57. The predicted molar refractivity (Wildman–Crippen MR) is 110 cm³/mol. The zero-order chi connectivity index (χ0) is 18.5. The summed E-state index contributed by atoms with van der Waals surface area (Å²) in [6.45, 7) is 2.61. The van der Waals surface area contributed by atoms with Crippen LogP contribution in [0.3, 0.4) is 0 Å². The van der Waals surface area contributed by atoms with Crippen LogP contribution in [0.5, 0.6) is 0 Å². The molecule has 0 aliphatic carbocycles. The first kappa shape index (κ1) is 20.7. The molecule has 2 rings (SSSR count). The van der Waals surface area contributed by atoms with E-state index in [0.29, 0.717) is 6.61 Å². The van der Waals surface area contributed by atoms with Gasteiger partial charge >= 0.3 is 164 Å². The van der Waals surface area contributed by atoms with Crippen molar-refractivity contribution < 1.29 is 9.53 Å². The Labute approximate surface area is 164 Å². The van der Waals surface area contributed by atoms with Gasteiger partial charge in [0, 0.05) is 0 Å². The molecule has 0 aliphatic heterocycles. The number of carbonyl (C=O) groups is 1. The third-order valence-electron chi connectivity index (χ3n) is 4.33. The van der Waals surface area contributed by atoms with E-state index in [1.807, 2.05) is 48.5 Å². The van der Waals surface area contributed by atoms with Gasteiger partial charge in [0.25, 0.3) is 0 Å². The molecule has 0 fully saturated rings. The topological polar surface area (TPSA) is 26.3 Å². The van der Waals surface area contributed by atoms with E-state index in [1.165, 1.54) is 36.6 Å². The number of carbonyl (C=O) groups excluding carboxylic acids is 1. The van der Waals surface area contributed by atoms with E-state index in [-0.39, 0.29) is 25.7 Å². The molecule has 1 atom stereocenters. The van der Waals surface area contributed by atoms with E-state index in [0.717, 1.165) is 18.4 Å². The molecule has 0 amide bonds. The number of esters is 1. The standard InChI is InChI=1S/C23H30O2Se/c1-2-3-4-5-6-13-18-22(26-21-16-11-8-12-17-21)23(24)25-19-20-14-9-7-10-15-20/h7-12,14-17,22H,2-6,13,18-19H2,1H3. The minimum absolute atomic E-state index is 0.0137. The van der Waals surface area contributed by atoms with Gasteiger partial charge in [-0.05, 0) is 0 Å². The molecule has 3 heteroatoms. The predicted octanol–water partition coefficient (Wildman–Crippen LogP) is 5.30. The number of hydrogen-bond donors (Lipinski definition) is 0. The van der Waals surface area contributed by atoms with Crippen molar-refractivity contribution in [1.82, 2.24) is 0 Å². The van der Waals surface area contributed by atoms with Crippen LogP contribution in [0.2, 0.25) is 4.82 Å². The van der Waals surface area contributed by atoms with Crippen molar-refractivity contribution in [2.75, 3.05) is 0 Å². The van der Waals surface area contributed by atoms with Crippen molar-refractivity contribution in [2.45, 2.75) is 63.3 Å². The Morgan fingerprint density at radius 3 is 2.19 bits per heavy atom. The number of rotatable bonds is 12. The van der Waals surface area contributed by atoms with Gasteiger partial charge in [0.15, 0.2) is 0 Å². The van der Waals surface area contributed by atoms with Gasteiger partial charge in [0.05, 0.1) is 0 Å². The summed E-state index contributed by atoms with van der Waals surface area (Å²) in [5.74, 6) is -0.0359. The molecule has 0 saturated heterocycles. The second-order valence-corrected chi connectivity index (χ2v) is 9.25. The number of unbranched alkanes of at least 4 members (excludes halogenated alkanes) is 5. The zero-order valence-corrected chi connectivity index (χ0v) is 17.4. The fourth-order valence-electron chi connectivity index (χ4n) is 2.82. The first-order valence-electron chi connectivity index (χ1n) is 9.72. The van der Waals surface area contributed by atoms with Crippen molar-refractivity contribution in [3.63, 3.8) is 0 Å². The molecule has 2 nitrogen and oxygen atoms in total. The van der Waals surface area contributed by atoms with Gasteiger partial charge in [-0.3, -0.25) is 0 Å². The zero-order valence-electron chi connectivity index (χ0n) is 15.7. The molecule has 1 unspecified atom stereocenters. The monoisotopic (exact) mass is 418 g/mol. The number of benzene rings is 2. The van der Waals surface area contributed by atoms with Crippen LogP contribution in [0.25, 0.3) is 0 Å². The van der Waals surface area contributed by atoms with Gasteiger partial charge in [-0.25, -0.2) is 0 Å². The van der Waals surface area contributed by atoms with Crippen LogP contribution < -0.4 is 4.46 Å². The Bertz CT molecular complexity index is 613. The third-order valence-corrected chi connectivity index (χ3v) is 6.97. The van der Waals surface area contributed by atoms with Crippen LogP contribution in [0, 0.1) is 0 Å². The molecule has 2 aromatic carbocycles. The second kappa shape index (κ2) is 12.7. The van der Waals surface area contributed by atoms with E-state index < -0.39 is 0 Å². The molecule has 0 bridgehead atoms. The quantitative estimate of drug-likeness (QED) is 0.266. The van der Waals surface area contributed by atoms with E-state index in [9.17, 15) is 4.79 Å². The van der Waals surface area contributed by atoms with Crippen LogP contribution in [0.4, 0.5) is 0 Å². The summed E-state index contributed by atoms with van der Waals surface area (Å²) < 4.78 is 6.91. The molecule has 26 heavy (non-hydrogen) atoms. The Morgan fingerprint density at radius 2 is 1.50 bits per heavy atom. The summed E-state index contributed by atoms with van der Waals surface area (Å²) in [5, 5.41) is 0. The molecule has 0 radical (unpaired) electrons. The summed E-state index contributed by atoms with van der Waals surface area (Å²) in [6, 6.07) is 20.3. The van der Waals surface area contributed by atoms with Gasteiger partial charge in [-0.1, -0.05) is 0 Å². The van der Waals surface area contributed by atoms with Crippen LogP contribution in [0.1, 0.15) is 57.4 Å². The number of ether oxygens (including phenoxy) is 1. The summed E-state index contributed by atoms with van der Waals surface area (Å²) in [7, 11) is 0. The summed E-state index contributed by atoms with van der Waals surface area (Å²) in [5.41, 5.74) is 1.05. The average Bonchev–Trinajstić information content (AvgIpc) is 2.69. The Balaban J connectivity index is 1.85. The molecule has 2 aromatic rings. The van der Waals surface area contributed by atoms with Gasteiger partial charge < -0.3 is 0 Å². The van der Waals surface area contributed by atoms with Crippen LogP contribution in [0.15, 0.2) is 60.7 Å². The minimum atomic E-state index is -0.0359. The molecular weight excluding hydrogens is 387 g/mol. The van der Waals surface area contributed by atoms with Gasteiger partial charge in [-0.2, -0.15) is 0 Å². The first-order chi connectivity index (χ1) is 12.8. The number of hydrogen-bond acceptors (Lipinski definition) is 2. The molecule has 0 saturated carbocycles. The summed E-state index contributed by atoms with van der Waals surface area (Å²) in [4.78, 5) is 12.7. The van der Waals surface area contributed by atoms with Gasteiger partial charge in [0.2, 0.25) is 0 Å². The summed E-state index contributed by atoms with van der Waals surface area (Å²) in [6.07, 6.45) is 8.44. The Kier molecular flexibility index (Phi) is 10.2. The molecular formula is C23H30O2Se. The Morgan fingerprint density at radius 1 is 0.885 bits per heavy atom. The van der Waals surface area contributed by atoms with Crippen molar-refractivity contribution in [2.24, 2.45) is 0 Å². The third kappa shape index (κ3) is 8.21. The summed E-state index contributed by atoms with van der Waals surface area (Å²) >= 11 is 0.123. The fourth-order valence-corrected chi connectivity index (χ4v) is 5.11. The van der Waals surface area contributed by atoms with E-state index in [4.69, 9.17) is 4.74 Å². The molecule has 0 heterocycles. The van der Waals surface area contributed by atoms with E-state index in [2.05, 4.69) is 19.1 Å². The van der Waals surface area contributed by atoms with Crippen LogP contribution in [-0.4, -0.2) is 20.9 Å². The van der Waals surface area contributed by atoms with Crippen molar-refractivity contribution in [1.29, 1.82) is 0 Å². The van der Waals surface area contributed by atoms with Crippen molar-refractivity contribution in [3.8, 4) is 0 Å². The normalized spacial score (nSPS) is 11.9. The van der Waals surface area contributed by atoms with Crippen LogP contribution >= 0.6 is 0 Å². The SMILES string of the molecule is CCCCCCCCC([Se]c1ccccc1)C(=O)OCc1ccccc1. The molecule has 0 aromatic heterocycles. The van der Waals surface area contributed by atoms with Crippen LogP contribution in [-0.2, 0) is 16.1 Å². The molecule has 0 aliphatic rings.